The molecule has 3 nitrogen and oxygen atoms in total. The van der Waals surface area contributed by atoms with Gasteiger partial charge in [-0.05, 0) is 5.56 Å². The Morgan fingerprint density at radius 2 is 1.54 bits per heavy atom. The third-order valence-corrected chi connectivity index (χ3v) is 4.27. The maximum atomic E-state index is 9.26. The molecule has 4 aromatic rings. The summed E-state index contributed by atoms with van der Waals surface area (Å²) in [5, 5.41) is 10.3. The van der Waals surface area contributed by atoms with Gasteiger partial charge in [0.2, 0.25) is 5.71 Å². The molecule has 0 unspecified atom stereocenters. The summed E-state index contributed by atoms with van der Waals surface area (Å²) in [7, 11) is 0. The number of rotatable bonds is 2. The van der Waals surface area contributed by atoms with E-state index < -0.39 is 0 Å². The molecule has 114 valence electrons. The topological polar surface area (TPSA) is 49.8 Å². The molecule has 4 rings (SSSR count). The van der Waals surface area contributed by atoms with Crippen LogP contribution in [0.25, 0.3) is 33.6 Å². The van der Waals surface area contributed by atoms with Crippen LogP contribution >= 0.6 is 11.6 Å². The highest BCUT2D eigenvalue weighted by Gasteiger charge is 2.22. The van der Waals surface area contributed by atoms with Gasteiger partial charge in [-0.2, -0.15) is 5.26 Å². The summed E-state index contributed by atoms with van der Waals surface area (Å²) in [6, 6.07) is 21.7. The van der Waals surface area contributed by atoms with Crippen LogP contribution in [0.15, 0.2) is 71.3 Å². The summed E-state index contributed by atoms with van der Waals surface area (Å²) < 4.78 is 6.02. The molecule has 4 heteroatoms. The number of nitriles is 1. The van der Waals surface area contributed by atoms with E-state index in [4.69, 9.17) is 16.0 Å². The number of furan rings is 1. The fourth-order valence-corrected chi connectivity index (χ4v) is 3.05. The molecule has 0 fully saturated rings. The summed E-state index contributed by atoms with van der Waals surface area (Å²) in [6.07, 6.45) is 1.44. The van der Waals surface area contributed by atoms with Gasteiger partial charge in [0.1, 0.15) is 11.8 Å². The van der Waals surface area contributed by atoms with Crippen LogP contribution in [0.5, 0.6) is 0 Å². The van der Waals surface area contributed by atoms with Crippen LogP contribution in [-0.4, -0.2) is 4.98 Å². The Bertz CT molecular complexity index is 1060. The molecule has 0 radical (unpaired) electrons. The van der Waals surface area contributed by atoms with Crippen molar-refractivity contribution in [2.45, 2.75) is 0 Å². The van der Waals surface area contributed by atoms with Crippen molar-refractivity contribution in [3.63, 3.8) is 0 Å². The zero-order chi connectivity index (χ0) is 16.5. The van der Waals surface area contributed by atoms with Crippen LogP contribution in [0.3, 0.4) is 0 Å². The molecule has 0 N–H and O–H groups in total. The van der Waals surface area contributed by atoms with Gasteiger partial charge in [-0.1, -0.05) is 72.3 Å². The summed E-state index contributed by atoms with van der Waals surface area (Å²) in [4.78, 5) is 4.27. The summed E-state index contributed by atoms with van der Waals surface area (Å²) in [5.74, 6) is 0.696. The predicted molar refractivity (Wildman–Crippen MR) is 94.6 cm³/mol. The molecule has 0 amide bonds. The van der Waals surface area contributed by atoms with Crippen molar-refractivity contribution in [3.05, 3.63) is 77.4 Å². The van der Waals surface area contributed by atoms with Crippen LogP contribution in [0.4, 0.5) is 0 Å². The lowest BCUT2D eigenvalue weighted by Crippen LogP contribution is -1.85. The Kier molecular flexibility index (Phi) is 3.53. The van der Waals surface area contributed by atoms with Crippen molar-refractivity contribution in [1.82, 2.24) is 4.98 Å². The minimum atomic E-state index is 0.335. The second-order valence-corrected chi connectivity index (χ2v) is 5.69. The maximum absolute atomic E-state index is 9.26. The first-order valence-electron chi connectivity index (χ1n) is 7.41. The molecule has 0 aliphatic heterocycles. The molecule has 2 heterocycles. The third-order valence-electron chi connectivity index (χ3n) is 3.88. The van der Waals surface area contributed by atoms with Gasteiger partial charge in [0.15, 0.2) is 0 Å². The molecule has 0 atom stereocenters. The molecule has 24 heavy (non-hydrogen) atoms. The van der Waals surface area contributed by atoms with E-state index >= 15 is 0 Å². The Labute approximate surface area is 143 Å². The number of aromatic nitrogens is 1. The number of hydrogen-bond acceptors (Lipinski definition) is 3. The highest BCUT2D eigenvalue weighted by molar-refractivity contribution is 6.37. The van der Waals surface area contributed by atoms with Gasteiger partial charge in [0, 0.05) is 11.1 Å². The van der Waals surface area contributed by atoms with E-state index in [-0.39, 0.29) is 0 Å². The lowest BCUT2D eigenvalue weighted by Gasteiger charge is -2.04. The second kappa shape index (κ2) is 5.84. The van der Waals surface area contributed by atoms with Gasteiger partial charge in [-0.3, -0.25) is 0 Å². The fourth-order valence-electron chi connectivity index (χ4n) is 2.78. The first kappa shape index (κ1) is 14.5. The first-order valence-corrected chi connectivity index (χ1v) is 7.79. The van der Waals surface area contributed by atoms with Gasteiger partial charge in [0.25, 0.3) is 0 Å². The molecule has 0 aliphatic rings. The van der Waals surface area contributed by atoms with E-state index in [9.17, 15) is 5.26 Å². The van der Waals surface area contributed by atoms with Gasteiger partial charge in [0.05, 0.1) is 22.2 Å². The van der Waals surface area contributed by atoms with E-state index in [1.54, 1.807) is 0 Å². The molecular weight excluding hydrogens is 320 g/mol. The molecule has 0 saturated heterocycles. The Balaban J connectivity index is 2.14. The first-order chi connectivity index (χ1) is 11.8. The highest BCUT2D eigenvalue weighted by atomic mass is 35.5. The van der Waals surface area contributed by atoms with Gasteiger partial charge >= 0.3 is 0 Å². The number of nitrogens with zero attached hydrogens (tertiary/aromatic N) is 2. The molecule has 0 spiro atoms. The Morgan fingerprint density at radius 1 is 0.917 bits per heavy atom. The fraction of sp³-hybridized carbons (Fsp3) is 0. The minimum absolute atomic E-state index is 0.335. The number of halogens is 1. The monoisotopic (exact) mass is 330 g/mol. The van der Waals surface area contributed by atoms with Gasteiger partial charge < -0.3 is 4.42 Å². The van der Waals surface area contributed by atoms with Crippen molar-refractivity contribution in [2.24, 2.45) is 0 Å². The minimum Gasteiger partial charge on any atom is -0.437 e. The van der Waals surface area contributed by atoms with Crippen molar-refractivity contribution in [1.29, 1.82) is 5.26 Å². The quantitative estimate of drug-likeness (QED) is 0.474. The molecule has 0 aliphatic carbocycles. The molecule has 2 aromatic carbocycles. The van der Waals surface area contributed by atoms with E-state index in [1.807, 2.05) is 60.7 Å². The van der Waals surface area contributed by atoms with Gasteiger partial charge in [-0.25, -0.2) is 4.98 Å². The van der Waals surface area contributed by atoms with E-state index in [0.717, 1.165) is 16.7 Å². The number of benzene rings is 2. The van der Waals surface area contributed by atoms with Crippen molar-refractivity contribution < 1.29 is 4.42 Å². The van der Waals surface area contributed by atoms with Crippen LogP contribution < -0.4 is 0 Å². The third kappa shape index (κ3) is 2.25. The van der Waals surface area contributed by atoms with Crippen LogP contribution in [0.1, 0.15) is 5.56 Å². The van der Waals surface area contributed by atoms with Crippen molar-refractivity contribution in [2.75, 3.05) is 0 Å². The SMILES string of the molecule is N#Cc1cnc2oc(-c3ccccc3)c(-c3ccccc3)c2c1Cl. The predicted octanol–water partition coefficient (Wildman–Crippen LogP) is 5.69. The Morgan fingerprint density at radius 3 is 2.17 bits per heavy atom. The second-order valence-electron chi connectivity index (χ2n) is 5.32. The zero-order valence-electron chi connectivity index (χ0n) is 12.5. The smallest absolute Gasteiger partial charge is 0.228 e. The normalized spacial score (nSPS) is 10.7. The van der Waals surface area contributed by atoms with Gasteiger partial charge in [-0.15, -0.1) is 0 Å². The maximum Gasteiger partial charge on any atom is 0.228 e. The molecule has 0 bridgehead atoms. The lowest BCUT2D eigenvalue weighted by molar-refractivity contribution is 0.619. The largest absolute Gasteiger partial charge is 0.437 e. The van der Waals surface area contributed by atoms with E-state index in [0.29, 0.717) is 27.4 Å². The molecule has 2 aromatic heterocycles. The van der Waals surface area contributed by atoms with Crippen molar-refractivity contribution in [3.8, 4) is 28.5 Å². The van der Waals surface area contributed by atoms with Crippen molar-refractivity contribution >= 4 is 22.7 Å². The van der Waals surface area contributed by atoms with Crippen LogP contribution in [0, 0.1) is 11.3 Å². The molecule has 0 saturated carbocycles. The number of fused-ring (bicyclic) bond motifs is 1. The summed E-state index contributed by atoms with van der Waals surface area (Å²) >= 11 is 6.48. The zero-order valence-corrected chi connectivity index (χ0v) is 13.3. The lowest BCUT2D eigenvalue weighted by atomic mass is 9.99. The van der Waals surface area contributed by atoms with Crippen LogP contribution in [0.2, 0.25) is 5.02 Å². The Hall–Kier alpha value is -3.09. The molecular formula is C20H11ClN2O. The summed E-state index contributed by atoms with van der Waals surface area (Å²) in [6.45, 7) is 0. The average Bonchev–Trinajstić information content (AvgIpc) is 3.04. The number of hydrogen-bond donors (Lipinski definition) is 0. The van der Waals surface area contributed by atoms with Crippen LogP contribution in [-0.2, 0) is 0 Å². The average molecular weight is 331 g/mol. The summed E-state index contributed by atoms with van der Waals surface area (Å²) in [5.41, 5.74) is 3.52. The number of pyridine rings is 1. The highest BCUT2D eigenvalue weighted by Crippen LogP contribution is 2.43. The van der Waals surface area contributed by atoms with E-state index in [2.05, 4.69) is 11.1 Å². The standard InChI is InChI=1S/C20H11ClN2O/c21-18-15(11-22)12-23-20-17(18)16(13-7-3-1-4-8-13)19(24-20)14-9-5-2-6-10-14/h1-10,12H. The van der Waals surface area contributed by atoms with E-state index in [1.165, 1.54) is 6.20 Å².